The van der Waals surface area contributed by atoms with Crippen LogP contribution in [0.5, 0.6) is 0 Å². The Morgan fingerprint density at radius 1 is 1.07 bits per heavy atom. The Morgan fingerprint density at radius 2 is 1.83 bits per heavy atom. The number of benzene rings is 2. The number of hydrogen-bond acceptors (Lipinski definition) is 4. The molecule has 0 radical (unpaired) electrons. The van der Waals surface area contributed by atoms with Crippen LogP contribution in [0.1, 0.15) is 32.7 Å². The molecule has 0 fully saturated rings. The number of fused-ring (bicyclic) bond motifs is 1. The van der Waals surface area contributed by atoms with E-state index in [9.17, 15) is 9.59 Å². The van der Waals surface area contributed by atoms with E-state index in [1.54, 1.807) is 28.6 Å². The van der Waals surface area contributed by atoms with Gasteiger partial charge in [-0.2, -0.15) is 16.9 Å². The fourth-order valence-corrected chi connectivity index (χ4v) is 4.23. The van der Waals surface area contributed by atoms with Gasteiger partial charge in [-0.15, -0.1) is 0 Å². The first kappa shape index (κ1) is 19.3. The molecule has 6 nitrogen and oxygen atoms in total. The van der Waals surface area contributed by atoms with Crippen LogP contribution in [-0.2, 0) is 29.4 Å². The molecule has 0 aliphatic carbocycles. The van der Waals surface area contributed by atoms with Crippen LogP contribution in [0.15, 0.2) is 54.6 Å². The lowest BCUT2D eigenvalue weighted by Gasteiger charge is -2.12. The molecule has 0 spiro atoms. The van der Waals surface area contributed by atoms with Crippen molar-refractivity contribution in [1.82, 2.24) is 15.1 Å². The fourth-order valence-electron chi connectivity index (χ4n) is 3.19. The van der Waals surface area contributed by atoms with Crippen molar-refractivity contribution in [1.29, 1.82) is 0 Å². The third-order valence-corrected chi connectivity index (χ3v) is 5.76. The van der Waals surface area contributed by atoms with E-state index in [-0.39, 0.29) is 18.4 Å². The molecule has 0 saturated heterocycles. The second kappa shape index (κ2) is 8.53. The van der Waals surface area contributed by atoms with Crippen molar-refractivity contribution >= 4 is 29.4 Å². The molecule has 1 aromatic heterocycles. The molecule has 4 rings (SSSR count). The molecule has 29 heavy (non-hydrogen) atoms. The average Bonchev–Trinajstić information content (AvgIpc) is 3.30. The van der Waals surface area contributed by atoms with Crippen LogP contribution in [0.25, 0.3) is 0 Å². The Balaban J connectivity index is 1.48. The van der Waals surface area contributed by atoms with E-state index >= 15 is 0 Å². The number of carbonyl (C=O) groups excluding carboxylic acids is 2. The number of aromatic nitrogens is 2. The van der Waals surface area contributed by atoms with E-state index in [2.05, 4.69) is 15.7 Å². The van der Waals surface area contributed by atoms with E-state index in [4.69, 9.17) is 0 Å². The molecule has 3 aromatic rings. The number of amides is 2. The molecule has 7 heteroatoms. The van der Waals surface area contributed by atoms with Gasteiger partial charge in [-0.3, -0.25) is 9.59 Å². The largest absolute Gasteiger partial charge is 0.350 e. The Morgan fingerprint density at radius 3 is 2.59 bits per heavy atom. The van der Waals surface area contributed by atoms with Gasteiger partial charge in [-0.1, -0.05) is 48.0 Å². The first-order valence-electron chi connectivity index (χ1n) is 9.45. The van der Waals surface area contributed by atoms with Crippen molar-refractivity contribution in [2.24, 2.45) is 0 Å². The highest BCUT2D eigenvalue weighted by Gasteiger charge is 2.25. The predicted molar refractivity (Wildman–Crippen MR) is 115 cm³/mol. The van der Waals surface area contributed by atoms with Gasteiger partial charge in [-0.05, 0) is 24.6 Å². The molecule has 1 aliphatic heterocycles. The highest BCUT2D eigenvalue weighted by molar-refractivity contribution is 7.98. The molecule has 0 saturated carbocycles. The number of anilines is 1. The number of thioether (sulfide) groups is 1. The fraction of sp³-hybridized carbons (Fsp3) is 0.227. The summed E-state index contributed by atoms with van der Waals surface area (Å²) >= 11 is 1.76. The summed E-state index contributed by atoms with van der Waals surface area (Å²) in [5.41, 5.74) is 4.65. The lowest BCUT2D eigenvalue weighted by Crippen LogP contribution is -2.28. The van der Waals surface area contributed by atoms with Crippen LogP contribution >= 0.6 is 11.8 Å². The Kier molecular flexibility index (Phi) is 5.67. The Labute approximate surface area is 173 Å². The van der Waals surface area contributed by atoms with Gasteiger partial charge in [0.25, 0.3) is 5.91 Å². The highest BCUT2D eigenvalue weighted by atomic mass is 32.2. The summed E-state index contributed by atoms with van der Waals surface area (Å²) in [6, 6.07) is 17.2. The normalized spacial score (nSPS) is 12.4. The number of nitrogens with one attached hydrogen (secondary N) is 2. The summed E-state index contributed by atoms with van der Waals surface area (Å²) in [6.45, 7) is 2.50. The summed E-state index contributed by atoms with van der Waals surface area (Å²) in [6.07, 6.45) is 0. The van der Waals surface area contributed by atoms with Gasteiger partial charge in [0.15, 0.2) is 0 Å². The SMILES string of the molecule is Cc1ccc(C(=O)Nc2c3c(nn2CC(=O)NCc2ccccc2)CSC3)cc1. The number of hydrogen-bond donors (Lipinski definition) is 2. The minimum atomic E-state index is -0.199. The van der Waals surface area contributed by atoms with Crippen LogP contribution in [0.4, 0.5) is 5.82 Å². The average molecular weight is 407 g/mol. The lowest BCUT2D eigenvalue weighted by molar-refractivity contribution is -0.122. The third-order valence-electron chi connectivity index (χ3n) is 4.79. The third kappa shape index (κ3) is 4.51. The minimum Gasteiger partial charge on any atom is -0.350 e. The van der Waals surface area contributed by atoms with Crippen molar-refractivity contribution in [2.45, 2.75) is 31.5 Å². The molecule has 2 aromatic carbocycles. The van der Waals surface area contributed by atoms with Crippen LogP contribution < -0.4 is 10.6 Å². The van der Waals surface area contributed by atoms with Crippen molar-refractivity contribution < 1.29 is 9.59 Å². The standard InChI is InChI=1S/C22H22N4O2S/c1-15-7-9-17(10-8-15)22(28)24-21-18-13-29-14-19(18)25-26(21)12-20(27)23-11-16-5-3-2-4-6-16/h2-10H,11-14H2,1H3,(H,23,27)(H,24,28). The molecule has 0 unspecified atom stereocenters. The number of carbonyl (C=O) groups is 2. The van der Waals surface area contributed by atoms with Crippen LogP contribution in [0.3, 0.4) is 0 Å². The number of nitrogens with zero attached hydrogens (tertiary/aromatic N) is 2. The molecule has 1 aliphatic rings. The zero-order valence-corrected chi connectivity index (χ0v) is 17.0. The zero-order valence-electron chi connectivity index (χ0n) is 16.1. The number of rotatable bonds is 6. The van der Waals surface area contributed by atoms with Crippen LogP contribution in [-0.4, -0.2) is 21.6 Å². The molecule has 2 heterocycles. The Hall–Kier alpha value is -3.06. The van der Waals surface area contributed by atoms with Crippen LogP contribution in [0.2, 0.25) is 0 Å². The van der Waals surface area contributed by atoms with Gasteiger partial charge in [0.1, 0.15) is 12.4 Å². The van der Waals surface area contributed by atoms with Crippen molar-refractivity contribution in [3.8, 4) is 0 Å². The second-order valence-electron chi connectivity index (χ2n) is 7.01. The minimum absolute atomic E-state index is 0.0635. The van der Waals surface area contributed by atoms with E-state index in [1.165, 1.54) is 0 Å². The highest BCUT2D eigenvalue weighted by Crippen LogP contribution is 2.34. The van der Waals surface area contributed by atoms with Crippen molar-refractivity contribution in [2.75, 3.05) is 5.32 Å². The summed E-state index contributed by atoms with van der Waals surface area (Å²) < 4.78 is 1.61. The quantitative estimate of drug-likeness (QED) is 0.657. The summed E-state index contributed by atoms with van der Waals surface area (Å²) in [5, 5.41) is 10.5. The molecule has 148 valence electrons. The van der Waals surface area contributed by atoms with Gasteiger partial charge in [0.2, 0.25) is 5.91 Å². The summed E-state index contributed by atoms with van der Waals surface area (Å²) in [7, 11) is 0. The molecular weight excluding hydrogens is 384 g/mol. The van der Waals surface area contributed by atoms with E-state index in [0.717, 1.165) is 33.9 Å². The maximum atomic E-state index is 12.7. The van der Waals surface area contributed by atoms with Gasteiger partial charge in [-0.25, -0.2) is 4.68 Å². The van der Waals surface area contributed by atoms with Crippen LogP contribution in [0, 0.1) is 6.92 Å². The van der Waals surface area contributed by atoms with Gasteiger partial charge in [0, 0.05) is 29.2 Å². The maximum Gasteiger partial charge on any atom is 0.256 e. The van der Waals surface area contributed by atoms with Crippen molar-refractivity contribution in [3.05, 3.63) is 82.5 Å². The van der Waals surface area contributed by atoms with E-state index in [1.807, 2.05) is 49.4 Å². The molecule has 2 N–H and O–H groups in total. The second-order valence-corrected chi connectivity index (χ2v) is 7.99. The Bertz CT molecular complexity index is 1030. The predicted octanol–water partition coefficient (Wildman–Crippen LogP) is 3.51. The smallest absolute Gasteiger partial charge is 0.256 e. The van der Waals surface area contributed by atoms with E-state index in [0.29, 0.717) is 17.9 Å². The molecule has 0 bridgehead atoms. The van der Waals surface area contributed by atoms with E-state index < -0.39 is 0 Å². The van der Waals surface area contributed by atoms with Crippen molar-refractivity contribution in [3.63, 3.8) is 0 Å². The van der Waals surface area contributed by atoms with Gasteiger partial charge in [0.05, 0.1) is 5.69 Å². The monoisotopic (exact) mass is 406 g/mol. The zero-order chi connectivity index (χ0) is 20.2. The lowest BCUT2D eigenvalue weighted by atomic mass is 10.1. The first-order valence-corrected chi connectivity index (χ1v) is 10.6. The molecule has 2 amide bonds. The van der Waals surface area contributed by atoms with Gasteiger partial charge >= 0.3 is 0 Å². The topological polar surface area (TPSA) is 76.0 Å². The molecular formula is C22H22N4O2S. The molecule has 0 atom stereocenters. The van der Waals surface area contributed by atoms with Gasteiger partial charge < -0.3 is 10.6 Å². The number of aryl methyl sites for hydroxylation is 1. The first-order chi connectivity index (χ1) is 14.1. The maximum absolute atomic E-state index is 12.7. The summed E-state index contributed by atoms with van der Waals surface area (Å²) in [4.78, 5) is 25.2. The summed E-state index contributed by atoms with van der Waals surface area (Å²) in [5.74, 6) is 1.85.